The van der Waals surface area contributed by atoms with Gasteiger partial charge in [-0.1, -0.05) is 84.3 Å². The summed E-state index contributed by atoms with van der Waals surface area (Å²) >= 11 is 0. The molecule has 13 nitrogen and oxygen atoms in total. The number of fused-ring (bicyclic) bond motifs is 1. The molecule has 1 N–H and O–H groups in total. The zero-order valence-electron chi connectivity index (χ0n) is 29.9. The van der Waals surface area contributed by atoms with E-state index in [4.69, 9.17) is 29.2 Å². The Balaban J connectivity index is 1.19. The van der Waals surface area contributed by atoms with Crippen LogP contribution >= 0.6 is 0 Å². The molecule has 54 heavy (non-hydrogen) atoms. The zero-order valence-corrected chi connectivity index (χ0v) is 30.7. The van der Waals surface area contributed by atoms with Crippen molar-refractivity contribution in [1.29, 1.82) is 0 Å². The van der Waals surface area contributed by atoms with E-state index in [1.807, 2.05) is 54.6 Å². The normalized spacial score (nSPS) is 20.1. The first kappa shape index (κ1) is 39.1. The lowest BCUT2D eigenvalue weighted by Crippen LogP contribution is -2.61. The van der Waals surface area contributed by atoms with Gasteiger partial charge in [-0.3, -0.25) is 4.98 Å². The van der Waals surface area contributed by atoms with Crippen LogP contribution in [0.4, 0.5) is 0 Å². The van der Waals surface area contributed by atoms with Crippen molar-refractivity contribution >= 4 is 20.9 Å². The fourth-order valence-corrected chi connectivity index (χ4v) is 7.83. The quantitative estimate of drug-likeness (QED) is 0.0399. The average Bonchev–Trinajstić information content (AvgIpc) is 3.59. The third-order valence-corrected chi connectivity index (χ3v) is 10.9. The van der Waals surface area contributed by atoms with E-state index in [-0.39, 0.29) is 31.3 Å². The summed E-state index contributed by atoms with van der Waals surface area (Å²) in [6.45, 7) is 1.58. The molecular formula is C40H45N5O8S. The van der Waals surface area contributed by atoms with E-state index in [1.165, 1.54) is 3.97 Å². The fourth-order valence-electron chi connectivity index (χ4n) is 6.42. The maximum atomic E-state index is 13.6. The number of aliphatic hydroxyl groups is 1. The molecule has 0 radical (unpaired) electrons. The van der Waals surface area contributed by atoms with Gasteiger partial charge in [-0.2, -0.15) is 0 Å². The van der Waals surface area contributed by atoms with Crippen molar-refractivity contribution in [1.82, 2.24) is 8.96 Å². The molecule has 14 heteroatoms. The second-order valence-corrected chi connectivity index (χ2v) is 14.7. The number of rotatable bonds is 20. The van der Waals surface area contributed by atoms with Crippen molar-refractivity contribution in [2.24, 2.45) is 5.11 Å². The summed E-state index contributed by atoms with van der Waals surface area (Å²) in [5.74, 6) is 0. The lowest BCUT2D eigenvalue weighted by Gasteiger charge is -2.44. The predicted octanol–water partition coefficient (Wildman–Crippen LogP) is 6.59. The SMILES string of the molecule is [N-]=[N+]=NCCCCCOC[C@H]1O[C@@H](OCCc2cn(S(=O)(=O)c3ccccc3)c3ccccc23)[C@H](O)[C@@H](OCc2ccccc2)[C@@H]1OCc1cccnc1. The molecule has 1 saturated heterocycles. The molecular weight excluding hydrogens is 711 g/mol. The minimum atomic E-state index is -3.85. The van der Waals surface area contributed by atoms with Crippen LogP contribution in [0.2, 0.25) is 0 Å². The van der Waals surface area contributed by atoms with E-state index in [2.05, 4.69) is 15.0 Å². The van der Waals surface area contributed by atoms with Gasteiger partial charge < -0.3 is 28.8 Å². The number of benzene rings is 3. The number of pyridine rings is 1. The van der Waals surface area contributed by atoms with E-state index in [1.54, 1.807) is 61.1 Å². The minimum Gasteiger partial charge on any atom is -0.385 e. The summed E-state index contributed by atoms with van der Waals surface area (Å²) in [5.41, 5.74) is 11.6. The van der Waals surface area contributed by atoms with Gasteiger partial charge in [-0.15, -0.1) is 0 Å². The molecule has 1 fully saturated rings. The Labute approximate surface area is 315 Å². The highest BCUT2D eigenvalue weighted by atomic mass is 32.2. The summed E-state index contributed by atoms with van der Waals surface area (Å²) in [5, 5.41) is 16.2. The third-order valence-electron chi connectivity index (χ3n) is 9.17. The van der Waals surface area contributed by atoms with Crippen molar-refractivity contribution in [2.45, 2.75) is 74.5 Å². The summed E-state index contributed by atoms with van der Waals surface area (Å²) in [6.07, 6.45) is 3.17. The van der Waals surface area contributed by atoms with Crippen LogP contribution in [0.1, 0.15) is 36.0 Å². The smallest absolute Gasteiger partial charge is 0.268 e. The lowest BCUT2D eigenvalue weighted by molar-refractivity contribution is -0.318. The van der Waals surface area contributed by atoms with Crippen molar-refractivity contribution in [3.8, 4) is 0 Å². The Kier molecular flexibility index (Phi) is 14.2. The predicted molar refractivity (Wildman–Crippen MR) is 202 cm³/mol. The molecule has 3 aromatic carbocycles. The third kappa shape index (κ3) is 10.1. The van der Waals surface area contributed by atoms with E-state index in [0.717, 1.165) is 41.3 Å². The largest absolute Gasteiger partial charge is 0.385 e. The molecule has 284 valence electrons. The molecule has 0 unspecified atom stereocenters. The van der Waals surface area contributed by atoms with Gasteiger partial charge in [-0.05, 0) is 65.7 Å². The standard InChI is InChI=1S/C40H45N5O8S/c41-44-43-22-10-3-11-23-49-29-36-38(51-28-31-15-12-21-42-25-31)39(52-27-30-13-4-1-5-14-30)37(46)40(53-36)50-24-20-32-26-45(35-19-9-8-18-34(32)35)54(47,48)33-16-6-2-7-17-33/h1-2,4-9,12-19,21,25-26,36-40,46H,3,10-11,20,22-24,27-29H2/t36-,37-,38-,39-,40-/m1/s1. The second-order valence-electron chi connectivity index (χ2n) is 12.9. The summed E-state index contributed by atoms with van der Waals surface area (Å²) in [7, 11) is -3.85. The van der Waals surface area contributed by atoms with Gasteiger partial charge in [0.25, 0.3) is 10.0 Å². The molecule has 0 aliphatic carbocycles. The molecule has 0 bridgehead atoms. The molecule has 6 rings (SSSR count). The van der Waals surface area contributed by atoms with Crippen LogP contribution in [-0.4, -0.2) is 79.6 Å². The molecule has 0 amide bonds. The van der Waals surface area contributed by atoms with Gasteiger partial charge in [0.1, 0.15) is 24.4 Å². The van der Waals surface area contributed by atoms with E-state index in [9.17, 15) is 13.5 Å². The van der Waals surface area contributed by atoms with Gasteiger partial charge in [0.2, 0.25) is 0 Å². The van der Waals surface area contributed by atoms with Gasteiger partial charge >= 0.3 is 0 Å². The minimum absolute atomic E-state index is 0.118. The van der Waals surface area contributed by atoms with Gasteiger partial charge in [-0.25, -0.2) is 12.4 Å². The van der Waals surface area contributed by atoms with E-state index in [0.29, 0.717) is 25.1 Å². The average molecular weight is 756 g/mol. The monoisotopic (exact) mass is 755 g/mol. The molecule has 1 aliphatic heterocycles. The van der Waals surface area contributed by atoms with Crippen LogP contribution in [0.5, 0.6) is 0 Å². The van der Waals surface area contributed by atoms with Crippen molar-refractivity contribution < 1.29 is 37.2 Å². The summed E-state index contributed by atoms with van der Waals surface area (Å²) < 4.78 is 60.2. The number of hydrogen-bond acceptors (Lipinski definition) is 10. The molecule has 0 spiro atoms. The van der Waals surface area contributed by atoms with E-state index < -0.39 is 40.7 Å². The van der Waals surface area contributed by atoms with Gasteiger partial charge in [0.05, 0.1) is 36.8 Å². The summed E-state index contributed by atoms with van der Waals surface area (Å²) in [4.78, 5) is 7.18. The molecule has 0 saturated carbocycles. The molecule has 5 atom stereocenters. The topological polar surface area (TPSA) is 167 Å². The fraction of sp³-hybridized carbons (Fsp3) is 0.375. The van der Waals surface area contributed by atoms with Crippen molar-refractivity contribution in [3.05, 3.63) is 143 Å². The van der Waals surface area contributed by atoms with Crippen LogP contribution in [0.3, 0.4) is 0 Å². The Morgan fingerprint density at radius 2 is 1.56 bits per heavy atom. The summed E-state index contributed by atoms with van der Waals surface area (Å²) in [6, 6.07) is 29.0. The highest BCUT2D eigenvalue weighted by Gasteiger charge is 2.47. The maximum Gasteiger partial charge on any atom is 0.268 e. The number of hydrogen-bond donors (Lipinski definition) is 1. The first-order chi connectivity index (χ1) is 26.5. The Morgan fingerprint density at radius 1 is 0.833 bits per heavy atom. The number of ether oxygens (including phenoxy) is 5. The van der Waals surface area contributed by atoms with Gasteiger partial charge in [0.15, 0.2) is 6.29 Å². The lowest BCUT2D eigenvalue weighted by atomic mass is 9.98. The van der Waals surface area contributed by atoms with Crippen molar-refractivity contribution in [2.75, 3.05) is 26.4 Å². The van der Waals surface area contributed by atoms with E-state index >= 15 is 0 Å². The highest BCUT2D eigenvalue weighted by Crippen LogP contribution is 2.30. The van der Waals surface area contributed by atoms with Crippen LogP contribution in [-0.2, 0) is 53.3 Å². The number of aliphatic hydroxyl groups excluding tert-OH is 1. The number of unbranched alkanes of at least 4 members (excludes halogenated alkanes) is 2. The molecule has 2 aromatic heterocycles. The number of azide groups is 1. The van der Waals surface area contributed by atoms with Gasteiger partial charge in [0, 0.05) is 42.0 Å². The van der Waals surface area contributed by atoms with Crippen LogP contribution < -0.4 is 0 Å². The first-order valence-electron chi connectivity index (χ1n) is 18.0. The number of nitrogens with zero attached hydrogens (tertiary/aromatic N) is 5. The molecule has 5 aromatic rings. The Hall–Kier alpha value is -4.63. The molecule has 1 aliphatic rings. The maximum absolute atomic E-state index is 13.6. The van der Waals surface area contributed by atoms with Crippen molar-refractivity contribution in [3.63, 3.8) is 0 Å². The zero-order chi connectivity index (χ0) is 37.6. The Bertz CT molecular complexity index is 2050. The van der Waals surface area contributed by atoms with Crippen LogP contribution in [0, 0.1) is 0 Å². The first-order valence-corrected chi connectivity index (χ1v) is 19.5. The highest BCUT2D eigenvalue weighted by molar-refractivity contribution is 7.90. The van der Waals surface area contributed by atoms with Crippen LogP contribution in [0.25, 0.3) is 21.3 Å². The second kappa shape index (κ2) is 19.6. The number of aromatic nitrogens is 2. The van der Waals surface area contributed by atoms with Crippen LogP contribution in [0.15, 0.2) is 126 Å². The number of para-hydroxylation sites is 1. The Morgan fingerprint density at radius 3 is 2.33 bits per heavy atom. The molecule has 3 heterocycles.